The van der Waals surface area contributed by atoms with Gasteiger partial charge in [-0.05, 0) is 120 Å². The monoisotopic (exact) mass is 1050 g/mol. The Bertz CT molecular complexity index is 2400. The molecule has 3 aromatic carbocycles. The molecule has 1 N–H and O–H groups in total. The number of hydrogen-bond acceptors (Lipinski definition) is 21. The quantitative estimate of drug-likeness (QED) is 0.0171. The molecule has 1 aliphatic carbocycles. The second-order valence-corrected chi connectivity index (χ2v) is 16.5. The van der Waals surface area contributed by atoms with Crippen molar-refractivity contribution < 1.29 is 100 Å². The Morgan fingerprint density at radius 2 is 1.12 bits per heavy atom. The average molecular weight is 1050 g/mol. The minimum absolute atomic E-state index is 0.0245. The maximum Gasteiger partial charge on any atom is 0.343 e. The fourth-order valence-corrected chi connectivity index (χ4v) is 6.93. The second-order valence-electron chi connectivity index (χ2n) is 16.5. The fourth-order valence-electron chi connectivity index (χ4n) is 6.93. The second kappa shape index (κ2) is 32.5. The van der Waals surface area contributed by atoms with Crippen LogP contribution in [0.4, 0.5) is 0 Å². The molecular formula is C54H64O21. The van der Waals surface area contributed by atoms with Crippen LogP contribution in [0.3, 0.4) is 0 Å². The highest BCUT2D eigenvalue weighted by molar-refractivity contribution is 5.97. The highest BCUT2D eigenvalue weighted by Gasteiger charge is 2.33. The molecule has 1 fully saturated rings. The summed E-state index contributed by atoms with van der Waals surface area (Å²) in [6, 6.07) is 13.9. The normalized spacial score (nSPS) is 14.6. The predicted molar refractivity (Wildman–Crippen MR) is 263 cm³/mol. The first kappa shape index (κ1) is 59.9. The predicted octanol–water partition coefficient (Wildman–Crippen LogP) is 6.64. The van der Waals surface area contributed by atoms with E-state index in [-0.39, 0.29) is 118 Å². The van der Waals surface area contributed by atoms with Gasteiger partial charge in [0, 0.05) is 31.8 Å². The van der Waals surface area contributed by atoms with E-state index in [1.54, 1.807) is 26.0 Å². The Hall–Kier alpha value is -7.62. The molecule has 21 heteroatoms. The van der Waals surface area contributed by atoms with Crippen LogP contribution >= 0.6 is 0 Å². The van der Waals surface area contributed by atoms with Crippen molar-refractivity contribution in [3.05, 3.63) is 103 Å². The molecule has 0 bridgehead atoms. The van der Waals surface area contributed by atoms with Crippen LogP contribution in [0, 0.1) is 11.8 Å². The summed E-state index contributed by atoms with van der Waals surface area (Å²) < 4.78 is 64.4. The number of rotatable bonds is 32. The van der Waals surface area contributed by atoms with Crippen LogP contribution in [-0.4, -0.2) is 125 Å². The molecule has 0 spiro atoms. The third-order valence-corrected chi connectivity index (χ3v) is 10.8. The Balaban J connectivity index is 1.34. The van der Waals surface area contributed by atoms with Crippen molar-refractivity contribution in [3.8, 4) is 28.7 Å². The number of esters is 8. The Morgan fingerprint density at radius 3 is 1.67 bits per heavy atom. The standard InChI is InChI=1S/C54H64O21/c1-6-46(55)67-27-11-10-26-66-39-18-16-38(17-19-39)52(61)75-45-23-21-41(33-43(45)54(63)69-31-29-65-9-4)73-51(60)37-14-12-36(13-15-37)50(59)72-40-20-22-44(42(32-40)53(62)68-30-28-64-8-3)74-49(58)25-24-48(57)70-34-35(5)71-47(56)7-2/h6-7,16-23,32-33,35-37,49,58H,1-2,8-15,24-31,34H2,3-5H3. The zero-order valence-electron chi connectivity index (χ0n) is 42.3. The van der Waals surface area contributed by atoms with Gasteiger partial charge in [0.25, 0.3) is 0 Å². The maximum atomic E-state index is 13.5. The van der Waals surface area contributed by atoms with Crippen molar-refractivity contribution in [2.24, 2.45) is 11.8 Å². The van der Waals surface area contributed by atoms with Gasteiger partial charge in [-0.1, -0.05) is 13.2 Å². The smallest absolute Gasteiger partial charge is 0.343 e. The van der Waals surface area contributed by atoms with Crippen LogP contribution in [0.5, 0.6) is 28.7 Å². The molecule has 0 aliphatic heterocycles. The van der Waals surface area contributed by atoms with Crippen molar-refractivity contribution >= 4 is 47.8 Å². The topological polar surface area (TPSA) is 268 Å². The van der Waals surface area contributed by atoms with E-state index in [4.69, 9.17) is 56.8 Å². The lowest BCUT2D eigenvalue weighted by Crippen LogP contribution is -2.30. The van der Waals surface area contributed by atoms with Gasteiger partial charge in [-0.3, -0.25) is 14.4 Å². The number of carbonyl (C=O) groups excluding carboxylic acids is 8. The largest absolute Gasteiger partial charge is 0.494 e. The molecule has 2 atom stereocenters. The maximum absolute atomic E-state index is 13.5. The lowest BCUT2D eigenvalue weighted by molar-refractivity contribution is -0.155. The molecule has 0 aromatic heterocycles. The summed E-state index contributed by atoms with van der Waals surface area (Å²) in [6.07, 6.45) is 1.40. The third kappa shape index (κ3) is 21.4. The van der Waals surface area contributed by atoms with Gasteiger partial charge in [0.15, 0.2) is 6.29 Å². The van der Waals surface area contributed by atoms with Crippen LogP contribution in [0.15, 0.2) is 86.0 Å². The van der Waals surface area contributed by atoms with E-state index in [0.29, 0.717) is 38.4 Å². The van der Waals surface area contributed by atoms with Crippen LogP contribution in [-0.2, 0) is 57.1 Å². The molecule has 1 saturated carbocycles. The van der Waals surface area contributed by atoms with Crippen molar-refractivity contribution in [2.75, 3.05) is 59.5 Å². The molecule has 0 radical (unpaired) electrons. The van der Waals surface area contributed by atoms with E-state index < -0.39 is 72.0 Å². The van der Waals surface area contributed by atoms with Gasteiger partial charge in [-0.25, -0.2) is 24.0 Å². The number of unbranched alkanes of at least 4 members (excludes halogenated alkanes) is 1. The van der Waals surface area contributed by atoms with Crippen LogP contribution in [0.1, 0.15) is 103 Å². The van der Waals surface area contributed by atoms with E-state index in [0.717, 1.165) is 12.2 Å². The Morgan fingerprint density at radius 1 is 0.600 bits per heavy atom. The van der Waals surface area contributed by atoms with Crippen molar-refractivity contribution in [2.45, 2.75) is 84.5 Å². The molecule has 2 unspecified atom stereocenters. The first-order chi connectivity index (χ1) is 36.1. The highest BCUT2D eigenvalue weighted by Crippen LogP contribution is 2.34. The van der Waals surface area contributed by atoms with E-state index in [1.165, 1.54) is 55.5 Å². The third-order valence-electron chi connectivity index (χ3n) is 10.8. The molecule has 1 aliphatic rings. The lowest BCUT2D eigenvalue weighted by atomic mass is 9.82. The zero-order chi connectivity index (χ0) is 54.5. The number of ether oxygens (including phenoxy) is 12. The van der Waals surface area contributed by atoms with E-state index in [2.05, 4.69) is 13.2 Å². The zero-order valence-corrected chi connectivity index (χ0v) is 42.3. The summed E-state index contributed by atoms with van der Waals surface area (Å²) >= 11 is 0. The summed E-state index contributed by atoms with van der Waals surface area (Å²) in [4.78, 5) is 101. The summed E-state index contributed by atoms with van der Waals surface area (Å²) in [6.45, 7) is 12.8. The molecule has 0 amide bonds. The van der Waals surface area contributed by atoms with Crippen LogP contribution in [0.2, 0.25) is 0 Å². The van der Waals surface area contributed by atoms with Crippen molar-refractivity contribution in [1.82, 2.24) is 0 Å². The Kier molecular flexibility index (Phi) is 26.0. The molecule has 0 saturated heterocycles. The molecule has 3 aromatic rings. The van der Waals surface area contributed by atoms with Gasteiger partial charge < -0.3 is 61.9 Å². The van der Waals surface area contributed by atoms with Crippen molar-refractivity contribution in [1.29, 1.82) is 0 Å². The van der Waals surface area contributed by atoms with E-state index >= 15 is 0 Å². The summed E-state index contributed by atoms with van der Waals surface area (Å²) in [5.74, 6) is -6.78. The van der Waals surface area contributed by atoms with Gasteiger partial charge in [0.05, 0.1) is 50.2 Å². The molecule has 4 rings (SSSR count). The first-order valence-electron chi connectivity index (χ1n) is 24.4. The minimum Gasteiger partial charge on any atom is -0.494 e. The lowest BCUT2D eigenvalue weighted by Gasteiger charge is -2.26. The molecule has 75 heavy (non-hydrogen) atoms. The molecular weight excluding hydrogens is 985 g/mol. The SMILES string of the molecule is C=CC(=O)OCCCCOc1ccc(C(=O)Oc2ccc(OC(=O)C3CCC(C(=O)Oc4ccc(OC(O)CCC(=O)OCC(C)OC(=O)C=C)c(C(=O)OCCOCC)c4)CC3)cc2C(=O)OCCOCC)cc1. The minimum atomic E-state index is -1.58. The van der Waals surface area contributed by atoms with E-state index in [1.807, 2.05) is 0 Å². The summed E-state index contributed by atoms with van der Waals surface area (Å²) in [7, 11) is 0. The molecule has 21 nitrogen and oxygen atoms in total. The van der Waals surface area contributed by atoms with Gasteiger partial charge in [-0.2, -0.15) is 0 Å². The summed E-state index contributed by atoms with van der Waals surface area (Å²) in [5.41, 5.74) is -0.233. The van der Waals surface area contributed by atoms with Gasteiger partial charge >= 0.3 is 47.8 Å². The number of carbonyl (C=O) groups is 8. The average Bonchev–Trinajstić information content (AvgIpc) is 3.41. The molecule has 406 valence electrons. The fraction of sp³-hybridized carbons (Fsp3) is 0.444. The highest BCUT2D eigenvalue weighted by atomic mass is 16.6. The van der Waals surface area contributed by atoms with Gasteiger partial charge in [0.2, 0.25) is 0 Å². The van der Waals surface area contributed by atoms with Crippen molar-refractivity contribution in [3.63, 3.8) is 0 Å². The van der Waals surface area contributed by atoms with Gasteiger partial charge in [0.1, 0.15) is 65.8 Å². The van der Waals surface area contributed by atoms with Gasteiger partial charge in [-0.15, -0.1) is 0 Å². The number of benzene rings is 3. The number of hydrogen-bond donors (Lipinski definition) is 1. The van der Waals surface area contributed by atoms with Crippen LogP contribution in [0.25, 0.3) is 0 Å². The van der Waals surface area contributed by atoms with E-state index in [9.17, 15) is 43.5 Å². The molecule has 0 heterocycles. The summed E-state index contributed by atoms with van der Waals surface area (Å²) in [5, 5.41) is 10.6. The van der Waals surface area contributed by atoms with Crippen LogP contribution < -0.4 is 23.7 Å². The number of aliphatic hydroxyl groups excluding tert-OH is 1. The Labute approximate surface area is 434 Å². The first-order valence-corrected chi connectivity index (χ1v) is 24.4. The number of aliphatic hydroxyl groups is 1.